The summed E-state index contributed by atoms with van der Waals surface area (Å²) in [6.45, 7) is 10.3. The third-order valence-corrected chi connectivity index (χ3v) is 3.88. The first kappa shape index (κ1) is 15.3. The van der Waals surface area contributed by atoms with Crippen LogP contribution in [0.5, 0.6) is 0 Å². The van der Waals surface area contributed by atoms with Crippen molar-refractivity contribution in [1.82, 2.24) is 10.3 Å². The lowest BCUT2D eigenvalue weighted by atomic mass is 10.1. The van der Waals surface area contributed by atoms with E-state index in [2.05, 4.69) is 42.0 Å². The molecular weight excluding hydrogens is 250 g/mol. The fourth-order valence-corrected chi connectivity index (χ4v) is 2.64. The van der Waals surface area contributed by atoms with E-state index in [9.17, 15) is 0 Å². The Balaban J connectivity index is 2.14. The summed E-state index contributed by atoms with van der Waals surface area (Å²) in [6, 6.07) is 4.55. The van der Waals surface area contributed by atoms with Gasteiger partial charge in [-0.25, -0.2) is 4.98 Å². The van der Waals surface area contributed by atoms with Crippen LogP contribution in [0.15, 0.2) is 18.3 Å². The molecule has 112 valence electrons. The van der Waals surface area contributed by atoms with E-state index in [1.165, 1.54) is 5.56 Å². The molecule has 20 heavy (non-hydrogen) atoms. The summed E-state index contributed by atoms with van der Waals surface area (Å²) in [5, 5.41) is 3.56. The molecule has 0 amide bonds. The summed E-state index contributed by atoms with van der Waals surface area (Å²) >= 11 is 0. The van der Waals surface area contributed by atoms with Crippen molar-refractivity contribution in [3.8, 4) is 0 Å². The highest BCUT2D eigenvalue weighted by atomic mass is 16.5. The second-order valence-corrected chi connectivity index (χ2v) is 5.44. The van der Waals surface area contributed by atoms with Crippen LogP contribution < -0.4 is 10.2 Å². The molecule has 0 aliphatic carbocycles. The van der Waals surface area contributed by atoms with E-state index in [1.54, 1.807) is 0 Å². The van der Waals surface area contributed by atoms with Crippen LogP contribution in [0.4, 0.5) is 5.82 Å². The highest BCUT2D eigenvalue weighted by Gasteiger charge is 2.23. The molecule has 1 fully saturated rings. The van der Waals surface area contributed by atoms with E-state index in [4.69, 9.17) is 4.74 Å². The number of hydrogen-bond donors (Lipinski definition) is 1. The quantitative estimate of drug-likeness (QED) is 0.867. The van der Waals surface area contributed by atoms with Gasteiger partial charge in [0, 0.05) is 30.9 Å². The maximum absolute atomic E-state index is 5.76. The largest absolute Gasteiger partial charge is 0.375 e. The van der Waals surface area contributed by atoms with E-state index in [0.29, 0.717) is 12.1 Å². The average molecular weight is 277 g/mol. The lowest BCUT2D eigenvalue weighted by Crippen LogP contribution is -2.43. The van der Waals surface area contributed by atoms with Gasteiger partial charge < -0.3 is 15.0 Å². The predicted octanol–water partition coefficient (Wildman–Crippen LogP) is 2.76. The summed E-state index contributed by atoms with van der Waals surface area (Å²) in [7, 11) is 0. The van der Waals surface area contributed by atoms with Gasteiger partial charge in [0.25, 0.3) is 0 Å². The summed E-state index contributed by atoms with van der Waals surface area (Å²) in [6.07, 6.45) is 4.43. The van der Waals surface area contributed by atoms with E-state index < -0.39 is 0 Å². The molecule has 1 saturated heterocycles. The predicted molar refractivity (Wildman–Crippen MR) is 83.2 cm³/mol. The number of nitrogens with one attached hydrogen (secondary N) is 1. The Morgan fingerprint density at radius 2 is 2.35 bits per heavy atom. The maximum Gasteiger partial charge on any atom is 0.133 e. The number of hydrogen-bond acceptors (Lipinski definition) is 4. The normalized spacial score (nSPS) is 20.9. The molecule has 1 aromatic rings. The summed E-state index contributed by atoms with van der Waals surface area (Å²) in [5.74, 6) is 1.12. The number of aromatic nitrogens is 1. The zero-order chi connectivity index (χ0) is 14.4. The van der Waals surface area contributed by atoms with Crippen molar-refractivity contribution in [1.29, 1.82) is 0 Å². The van der Waals surface area contributed by atoms with Crippen molar-refractivity contribution in [3.05, 3.63) is 23.9 Å². The smallest absolute Gasteiger partial charge is 0.133 e. The highest BCUT2D eigenvalue weighted by molar-refractivity contribution is 5.48. The Labute approximate surface area is 122 Å². The van der Waals surface area contributed by atoms with Gasteiger partial charge in [0.05, 0.1) is 12.7 Å². The molecule has 4 heteroatoms. The number of nitrogens with zero attached hydrogens (tertiary/aromatic N) is 2. The Kier molecular flexibility index (Phi) is 5.80. The topological polar surface area (TPSA) is 37.4 Å². The van der Waals surface area contributed by atoms with Crippen molar-refractivity contribution in [3.63, 3.8) is 0 Å². The maximum atomic E-state index is 5.76. The first-order chi connectivity index (χ1) is 9.76. The molecule has 0 saturated carbocycles. The van der Waals surface area contributed by atoms with Crippen LogP contribution >= 0.6 is 0 Å². The van der Waals surface area contributed by atoms with Gasteiger partial charge in [0.15, 0.2) is 0 Å². The van der Waals surface area contributed by atoms with Crippen LogP contribution in [0.25, 0.3) is 0 Å². The molecular formula is C16H27N3O. The molecule has 1 aliphatic rings. The monoisotopic (exact) mass is 277 g/mol. The Morgan fingerprint density at radius 1 is 1.50 bits per heavy atom. The van der Waals surface area contributed by atoms with Crippen molar-refractivity contribution in [2.75, 3.05) is 31.1 Å². The van der Waals surface area contributed by atoms with E-state index >= 15 is 0 Å². The molecule has 0 aromatic carbocycles. The first-order valence-electron chi connectivity index (χ1n) is 7.81. The summed E-state index contributed by atoms with van der Waals surface area (Å²) < 4.78 is 5.76. The highest BCUT2D eigenvalue weighted by Crippen LogP contribution is 2.25. The Hall–Kier alpha value is -1.13. The second kappa shape index (κ2) is 7.60. The number of pyridine rings is 1. The van der Waals surface area contributed by atoms with E-state index in [0.717, 1.165) is 44.9 Å². The number of ether oxygens (including phenoxy) is 1. The number of anilines is 1. The Morgan fingerprint density at radius 3 is 3.10 bits per heavy atom. The van der Waals surface area contributed by atoms with E-state index in [-0.39, 0.29) is 0 Å². The van der Waals surface area contributed by atoms with Crippen LogP contribution in [0, 0.1) is 0 Å². The lowest BCUT2D eigenvalue weighted by molar-refractivity contribution is 0.0381. The first-order valence-corrected chi connectivity index (χ1v) is 7.81. The fourth-order valence-electron chi connectivity index (χ4n) is 2.64. The van der Waals surface area contributed by atoms with Gasteiger partial charge >= 0.3 is 0 Å². The minimum absolute atomic E-state index is 0.331. The van der Waals surface area contributed by atoms with Crippen LogP contribution in [-0.4, -0.2) is 37.3 Å². The van der Waals surface area contributed by atoms with Crippen molar-refractivity contribution >= 4 is 5.82 Å². The zero-order valence-electron chi connectivity index (χ0n) is 12.9. The Bertz CT molecular complexity index is 410. The minimum Gasteiger partial charge on any atom is -0.375 e. The van der Waals surface area contributed by atoms with Gasteiger partial charge in [-0.15, -0.1) is 0 Å². The summed E-state index contributed by atoms with van der Waals surface area (Å²) in [4.78, 5) is 7.00. The molecule has 0 radical (unpaired) electrons. The van der Waals surface area contributed by atoms with Crippen LogP contribution in [0.3, 0.4) is 0 Å². The average Bonchev–Trinajstić information content (AvgIpc) is 2.52. The molecule has 1 aromatic heterocycles. The molecule has 2 atom stereocenters. The van der Waals surface area contributed by atoms with Gasteiger partial charge in [0.1, 0.15) is 5.82 Å². The molecule has 0 spiro atoms. The van der Waals surface area contributed by atoms with Gasteiger partial charge in [0.2, 0.25) is 0 Å². The van der Waals surface area contributed by atoms with Crippen LogP contribution in [0.2, 0.25) is 0 Å². The van der Waals surface area contributed by atoms with Crippen LogP contribution in [-0.2, 0) is 4.74 Å². The molecule has 2 heterocycles. The van der Waals surface area contributed by atoms with Crippen LogP contribution in [0.1, 0.15) is 45.2 Å². The molecule has 4 nitrogen and oxygen atoms in total. The van der Waals surface area contributed by atoms with Crippen molar-refractivity contribution < 1.29 is 4.74 Å². The SMILES string of the molecule is CCCNC(C)c1cccnc1N1CCOC(CC)C1. The van der Waals surface area contributed by atoms with E-state index in [1.807, 2.05) is 12.3 Å². The minimum atomic E-state index is 0.331. The standard InChI is InChI=1S/C16H27N3O/c1-4-8-17-13(3)15-7-6-9-18-16(15)19-10-11-20-14(5-2)12-19/h6-7,9,13-14,17H,4-5,8,10-12H2,1-3H3. The summed E-state index contributed by atoms with van der Waals surface area (Å²) in [5.41, 5.74) is 1.29. The van der Waals surface area contributed by atoms with Crippen molar-refractivity contribution in [2.24, 2.45) is 0 Å². The molecule has 0 bridgehead atoms. The second-order valence-electron chi connectivity index (χ2n) is 5.44. The lowest BCUT2D eigenvalue weighted by Gasteiger charge is -2.35. The molecule has 2 unspecified atom stereocenters. The van der Waals surface area contributed by atoms with Gasteiger partial charge in [-0.05, 0) is 32.4 Å². The zero-order valence-corrected chi connectivity index (χ0v) is 12.9. The van der Waals surface area contributed by atoms with Gasteiger partial charge in [-0.3, -0.25) is 0 Å². The number of rotatable bonds is 6. The third-order valence-electron chi connectivity index (χ3n) is 3.88. The third kappa shape index (κ3) is 3.70. The number of morpholine rings is 1. The van der Waals surface area contributed by atoms with Gasteiger partial charge in [-0.1, -0.05) is 19.9 Å². The van der Waals surface area contributed by atoms with Crippen molar-refractivity contribution in [2.45, 2.75) is 45.8 Å². The fraction of sp³-hybridized carbons (Fsp3) is 0.688. The molecule has 1 N–H and O–H groups in total. The molecule has 2 rings (SSSR count). The molecule has 1 aliphatic heterocycles. The van der Waals surface area contributed by atoms with Gasteiger partial charge in [-0.2, -0.15) is 0 Å².